The van der Waals surface area contributed by atoms with E-state index in [2.05, 4.69) is 22.1 Å². The summed E-state index contributed by atoms with van der Waals surface area (Å²) in [6.45, 7) is 4.41. The van der Waals surface area contributed by atoms with Gasteiger partial charge < -0.3 is 14.4 Å². The highest BCUT2D eigenvalue weighted by molar-refractivity contribution is 5.26. The van der Waals surface area contributed by atoms with Crippen molar-refractivity contribution >= 4 is 0 Å². The number of aromatic amines is 1. The fraction of sp³-hybridized carbons (Fsp3) is 0.786. The molecule has 1 aromatic rings. The lowest BCUT2D eigenvalue weighted by Gasteiger charge is -2.19. The van der Waals surface area contributed by atoms with Crippen LogP contribution in [-0.4, -0.2) is 48.0 Å². The van der Waals surface area contributed by atoms with Gasteiger partial charge in [0.25, 0.3) is 0 Å². The number of hydrogen-bond donors (Lipinski definition) is 1. The van der Waals surface area contributed by atoms with E-state index >= 15 is 0 Å². The van der Waals surface area contributed by atoms with Crippen molar-refractivity contribution in [2.24, 2.45) is 0 Å². The van der Waals surface area contributed by atoms with Crippen molar-refractivity contribution < 1.29 is 9.47 Å². The number of fused-ring (bicyclic) bond motifs is 1. The summed E-state index contributed by atoms with van der Waals surface area (Å²) < 4.78 is 11.2. The summed E-state index contributed by atoms with van der Waals surface area (Å²) in [5, 5.41) is 7.59. The Morgan fingerprint density at radius 2 is 2.37 bits per heavy atom. The molecular weight excluding hydrogens is 242 g/mol. The lowest BCUT2D eigenvalue weighted by Crippen LogP contribution is -2.24. The standard InChI is InChI=1S/C14H23N3O2/c1-17(6-4-11-3-2-7-19-11)9-14-12-10-18-8-5-13(12)15-16-14/h11H,2-10H2,1H3,(H,15,16). The first-order chi connectivity index (χ1) is 9.33. The molecule has 2 aliphatic rings. The Balaban J connectivity index is 1.51. The molecular formula is C14H23N3O2. The molecule has 1 fully saturated rings. The van der Waals surface area contributed by atoms with Gasteiger partial charge in [-0.3, -0.25) is 5.10 Å². The van der Waals surface area contributed by atoms with E-state index in [1.807, 2.05) is 0 Å². The number of rotatable bonds is 5. The molecule has 5 nitrogen and oxygen atoms in total. The quantitative estimate of drug-likeness (QED) is 0.876. The Labute approximate surface area is 114 Å². The van der Waals surface area contributed by atoms with Crippen molar-refractivity contribution in [3.8, 4) is 0 Å². The molecule has 0 bridgehead atoms. The fourth-order valence-electron chi connectivity index (χ4n) is 2.87. The van der Waals surface area contributed by atoms with Crippen molar-refractivity contribution in [3.05, 3.63) is 17.0 Å². The number of nitrogens with one attached hydrogen (secondary N) is 1. The monoisotopic (exact) mass is 265 g/mol. The highest BCUT2D eigenvalue weighted by Gasteiger charge is 2.19. The van der Waals surface area contributed by atoms with Crippen molar-refractivity contribution in [1.29, 1.82) is 0 Å². The van der Waals surface area contributed by atoms with Crippen molar-refractivity contribution in [2.45, 2.75) is 44.9 Å². The van der Waals surface area contributed by atoms with Crippen molar-refractivity contribution in [1.82, 2.24) is 15.1 Å². The summed E-state index contributed by atoms with van der Waals surface area (Å²) in [5.74, 6) is 0. The van der Waals surface area contributed by atoms with E-state index in [4.69, 9.17) is 9.47 Å². The predicted octanol–water partition coefficient (Wildman–Crippen LogP) is 1.48. The minimum Gasteiger partial charge on any atom is -0.378 e. The third-order valence-corrected chi connectivity index (χ3v) is 4.06. The number of ether oxygens (including phenoxy) is 2. The van der Waals surface area contributed by atoms with Gasteiger partial charge in [0.15, 0.2) is 0 Å². The number of H-pyrrole nitrogens is 1. The minimum absolute atomic E-state index is 0.471. The van der Waals surface area contributed by atoms with Gasteiger partial charge in [0, 0.05) is 37.4 Å². The second-order valence-electron chi connectivity index (χ2n) is 5.59. The molecule has 0 radical (unpaired) electrons. The molecule has 3 rings (SSSR count). The highest BCUT2D eigenvalue weighted by atomic mass is 16.5. The molecule has 1 N–H and O–H groups in total. The summed E-state index contributed by atoms with van der Waals surface area (Å²) in [5.41, 5.74) is 3.67. The summed E-state index contributed by atoms with van der Waals surface area (Å²) in [6, 6.07) is 0. The Bertz CT molecular complexity index is 413. The van der Waals surface area contributed by atoms with E-state index in [9.17, 15) is 0 Å². The van der Waals surface area contributed by atoms with Crippen LogP contribution in [0.15, 0.2) is 0 Å². The summed E-state index contributed by atoms with van der Waals surface area (Å²) in [7, 11) is 2.15. The topological polar surface area (TPSA) is 50.4 Å². The molecule has 19 heavy (non-hydrogen) atoms. The number of aromatic nitrogens is 2. The molecule has 1 saturated heterocycles. The van der Waals surface area contributed by atoms with Crippen LogP contribution in [0.3, 0.4) is 0 Å². The smallest absolute Gasteiger partial charge is 0.0820 e. The Kier molecular flexibility index (Phi) is 4.15. The van der Waals surface area contributed by atoms with Crippen LogP contribution in [-0.2, 0) is 29.0 Å². The van der Waals surface area contributed by atoms with E-state index in [-0.39, 0.29) is 0 Å². The average molecular weight is 265 g/mol. The van der Waals surface area contributed by atoms with Gasteiger partial charge in [-0.25, -0.2) is 0 Å². The van der Waals surface area contributed by atoms with Gasteiger partial charge in [-0.1, -0.05) is 0 Å². The van der Waals surface area contributed by atoms with E-state index in [1.165, 1.54) is 24.1 Å². The first kappa shape index (κ1) is 13.1. The third kappa shape index (κ3) is 3.16. The van der Waals surface area contributed by atoms with Gasteiger partial charge in [0.05, 0.1) is 25.0 Å². The van der Waals surface area contributed by atoms with Crippen LogP contribution < -0.4 is 0 Å². The van der Waals surface area contributed by atoms with E-state index in [0.717, 1.165) is 44.8 Å². The lowest BCUT2D eigenvalue weighted by molar-refractivity contribution is 0.0935. The van der Waals surface area contributed by atoms with Gasteiger partial charge in [0.1, 0.15) is 0 Å². The second kappa shape index (κ2) is 6.03. The zero-order valence-corrected chi connectivity index (χ0v) is 11.7. The van der Waals surface area contributed by atoms with Crippen LogP contribution >= 0.6 is 0 Å². The maximum atomic E-state index is 5.66. The van der Waals surface area contributed by atoms with E-state index < -0.39 is 0 Å². The summed E-state index contributed by atoms with van der Waals surface area (Å²) in [6.07, 6.45) is 5.00. The Hall–Kier alpha value is -0.910. The van der Waals surface area contributed by atoms with Crippen LogP contribution in [0.25, 0.3) is 0 Å². The molecule has 1 atom stereocenters. The molecule has 0 saturated carbocycles. The SMILES string of the molecule is CN(CCC1CCCO1)Cc1n[nH]c2c1COCC2. The van der Waals surface area contributed by atoms with Crippen molar-refractivity contribution in [3.63, 3.8) is 0 Å². The molecule has 0 aromatic carbocycles. The molecule has 2 aliphatic heterocycles. The van der Waals surface area contributed by atoms with Crippen LogP contribution in [0.2, 0.25) is 0 Å². The molecule has 0 aliphatic carbocycles. The van der Waals surface area contributed by atoms with Gasteiger partial charge in [-0.2, -0.15) is 5.10 Å². The van der Waals surface area contributed by atoms with Gasteiger partial charge in [0.2, 0.25) is 0 Å². The molecule has 1 aromatic heterocycles. The first-order valence-electron chi connectivity index (χ1n) is 7.26. The van der Waals surface area contributed by atoms with Gasteiger partial charge in [-0.15, -0.1) is 0 Å². The Morgan fingerprint density at radius 1 is 1.42 bits per heavy atom. The van der Waals surface area contributed by atoms with Gasteiger partial charge in [-0.05, 0) is 26.3 Å². The number of hydrogen-bond acceptors (Lipinski definition) is 4. The maximum absolute atomic E-state index is 5.66. The van der Waals surface area contributed by atoms with E-state index in [0.29, 0.717) is 12.7 Å². The maximum Gasteiger partial charge on any atom is 0.0820 e. The normalized spacial score (nSPS) is 22.9. The lowest BCUT2D eigenvalue weighted by atomic mass is 10.1. The zero-order valence-electron chi connectivity index (χ0n) is 11.7. The molecule has 0 spiro atoms. The molecule has 1 unspecified atom stereocenters. The van der Waals surface area contributed by atoms with Gasteiger partial charge >= 0.3 is 0 Å². The fourth-order valence-corrected chi connectivity index (χ4v) is 2.87. The molecule has 3 heterocycles. The predicted molar refractivity (Wildman–Crippen MR) is 71.9 cm³/mol. The average Bonchev–Trinajstić information content (AvgIpc) is 3.07. The molecule has 5 heteroatoms. The van der Waals surface area contributed by atoms with Crippen LogP contribution in [0.5, 0.6) is 0 Å². The third-order valence-electron chi connectivity index (χ3n) is 4.06. The summed E-state index contributed by atoms with van der Waals surface area (Å²) >= 11 is 0. The highest BCUT2D eigenvalue weighted by Crippen LogP contribution is 2.20. The Morgan fingerprint density at radius 3 is 3.21 bits per heavy atom. The zero-order chi connectivity index (χ0) is 13.1. The largest absolute Gasteiger partial charge is 0.378 e. The molecule has 0 amide bonds. The van der Waals surface area contributed by atoms with Crippen LogP contribution in [0, 0.1) is 0 Å². The van der Waals surface area contributed by atoms with Crippen LogP contribution in [0.4, 0.5) is 0 Å². The van der Waals surface area contributed by atoms with Crippen molar-refractivity contribution in [2.75, 3.05) is 26.8 Å². The van der Waals surface area contributed by atoms with Crippen LogP contribution in [0.1, 0.15) is 36.2 Å². The summed E-state index contributed by atoms with van der Waals surface area (Å²) in [4.78, 5) is 2.33. The minimum atomic E-state index is 0.471. The van der Waals surface area contributed by atoms with E-state index in [1.54, 1.807) is 0 Å². The second-order valence-corrected chi connectivity index (χ2v) is 5.59. The first-order valence-corrected chi connectivity index (χ1v) is 7.26. The number of nitrogens with zero attached hydrogens (tertiary/aromatic N) is 2. The molecule has 106 valence electrons.